The lowest BCUT2D eigenvalue weighted by atomic mass is 9.86. The van der Waals surface area contributed by atoms with Gasteiger partial charge in [-0.25, -0.2) is 0 Å². The average Bonchev–Trinajstić information content (AvgIpc) is 2.59. The predicted molar refractivity (Wildman–Crippen MR) is 83.0 cm³/mol. The van der Waals surface area contributed by atoms with Gasteiger partial charge in [0.1, 0.15) is 11.5 Å². The Morgan fingerprint density at radius 2 is 1.64 bits per heavy atom. The van der Waals surface area contributed by atoms with E-state index in [2.05, 4.69) is 5.32 Å². The highest BCUT2D eigenvalue weighted by molar-refractivity contribution is 6.36. The Hall–Kier alpha value is -2.04. The highest BCUT2D eigenvalue weighted by Crippen LogP contribution is 2.25. The van der Waals surface area contributed by atoms with E-state index in [4.69, 9.17) is 9.47 Å². The number of hydrogen-bond acceptors (Lipinski definition) is 4. The lowest BCUT2D eigenvalue weighted by Gasteiger charge is -2.19. The second-order valence-corrected chi connectivity index (χ2v) is 5.60. The third kappa shape index (κ3) is 4.23. The van der Waals surface area contributed by atoms with Crippen molar-refractivity contribution in [2.75, 3.05) is 14.2 Å². The van der Waals surface area contributed by atoms with Crippen LogP contribution in [0.1, 0.15) is 37.7 Å². The predicted octanol–water partition coefficient (Wildman–Crippen LogP) is 2.47. The van der Waals surface area contributed by atoms with Crippen LogP contribution in [-0.2, 0) is 16.1 Å². The number of rotatable bonds is 6. The summed E-state index contributed by atoms with van der Waals surface area (Å²) in [6, 6.07) is 5.39. The number of ether oxygens (including phenoxy) is 2. The fourth-order valence-electron chi connectivity index (χ4n) is 2.79. The molecule has 0 aromatic heterocycles. The van der Waals surface area contributed by atoms with Crippen LogP contribution in [0.2, 0.25) is 0 Å². The molecule has 1 aliphatic carbocycles. The number of amides is 1. The second kappa shape index (κ2) is 7.82. The summed E-state index contributed by atoms with van der Waals surface area (Å²) in [6.45, 7) is 0.283. The molecule has 1 N–H and O–H groups in total. The normalized spacial score (nSPS) is 15.2. The summed E-state index contributed by atoms with van der Waals surface area (Å²) in [5.41, 5.74) is 0.834. The van der Waals surface area contributed by atoms with Gasteiger partial charge in [0.2, 0.25) is 5.78 Å². The molecule has 1 fully saturated rings. The third-order valence-electron chi connectivity index (χ3n) is 4.06. The van der Waals surface area contributed by atoms with Gasteiger partial charge in [0.15, 0.2) is 0 Å². The van der Waals surface area contributed by atoms with E-state index >= 15 is 0 Å². The number of carbonyl (C=O) groups excluding carboxylic acids is 2. The molecule has 0 atom stereocenters. The summed E-state index contributed by atoms with van der Waals surface area (Å²) in [7, 11) is 3.15. The Morgan fingerprint density at radius 3 is 2.18 bits per heavy atom. The van der Waals surface area contributed by atoms with Crippen LogP contribution in [0.25, 0.3) is 0 Å². The molecule has 0 radical (unpaired) electrons. The van der Waals surface area contributed by atoms with Crippen molar-refractivity contribution in [3.05, 3.63) is 23.8 Å². The van der Waals surface area contributed by atoms with E-state index in [0.29, 0.717) is 11.5 Å². The first-order chi connectivity index (χ1) is 10.6. The monoisotopic (exact) mass is 305 g/mol. The Kier molecular flexibility index (Phi) is 5.81. The van der Waals surface area contributed by atoms with Gasteiger partial charge in [-0.05, 0) is 30.5 Å². The number of hydrogen-bond donors (Lipinski definition) is 1. The van der Waals surface area contributed by atoms with Crippen LogP contribution < -0.4 is 14.8 Å². The molecule has 0 bridgehead atoms. The first-order valence-corrected chi connectivity index (χ1v) is 7.68. The molecule has 22 heavy (non-hydrogen) atoms. The number of ketones is 1. The van der Waals surface area contributed by atoms with Crippen molar-refractivity contribution >= 4 is 11.7 Å². The fraction of sp³-hybridized carbons (Fsp3) is 0.529. The van der Waals surface area contributed by atoms with Gasteiger partial charge < -0.3 is 14.8 Å². The van der Waals surface area contributed by atoms with Crippen LogP contribution >= 0.6 is 0 Å². The van der Waals surface area contributed by atoms with E-state index < -0.39 is 5.91 Å². The maximum absolute atomic E-state index is 12.1. The van der Waals surface area contributed by atoms with Crippen LogP contribution in [-0.4, -0.2) is 25.9 Å². The molecule has 1 aliphatic rings. The quantitative estimate of drug-likeness (QED) is 0.820. The first kappa shape index (κ1) is 16.3. The molecular weight excluding hydrogens is 282 g/mol. The Balaban J connectivity index is 1.94. The number of methoxy groups -OCH3 is 2. The van der Waals surface area contributed by atoms with Crippen molar-refractivity contribution in [2.45, 2.75) is 38.6 Å². The van der Waals surface area contributed by atoms with Gasteiger partial charge in [0.05, 0.1) is 14.2 Å². The molecule has 2 rings (SSSR count). The molecule has 5 nitrogen and oxygen atoms in total. The summed E-state index contributed by atoms with van der Waals surface area (Å²) >= 11 is 0. The molecule has 0 unspecified atom stereocenters. The van der Waals surface area contributed by atoms with Crippen molar-refractivity contribution in [2.24, 2.45) is 5.92 Å². The molecule has 1 aromatic carbocycles. The molecular formula is C17H23NO4. The van der Waals surface area contributed by atoms with Gasteiger partial charge >= 0.3 is 0 Å². The zero-order valence-electron chi connectivity index (χ0n) is 13.2. The van der Waals surface area contributed by atoms with Crippen molar-refractivity contribution < 1.29 is 19.1 Å². The van der Waals surface area contributed by atoms with Crippen molar-refractivity contribution in [3.8, 4) is 11.5 Å². The molecule has 0 aliphatic heterocycles. The highest BCUT2D eigenvalue weighted by Gasteiger charge is 2.26. The minimum atomic E-state index is -0.492. The highest BCUT2D eigenvalue weighted by atomic mass is 16.5. The zero-order chi connectivity index (χ0) is 15.9. The van der Waals surface area contributed by atoms with Crippen LogP contribution in [0.15, 0.2) is 18.2 Å². The zero-order valence-corrected chi connectivity index (χ0v) is 13.2. The van der Waals surface area contributed by atoms with E-state index in [1.807, 2.05) is 12.1 Å². The number of benzene rings is 1. The van der Waals surface area contributed by atoms with Gasteiger partial charge in [-0.15, -0.1) is 0 Å². The lowest BCUT2D eigenvalue weighted by Crippen LogP contribution is -2.35. The summed E-state index contributed by atoms with van der Waals surface area (Å²) < 4.78 is 10.4. The van der Waals surface area contributed by atoms with Crippen molar-refractivity contribution in [1.82, 2.24) is 5.32 Å². The average molecular weight is 305 g/mol. The molecule has 5 heteroatoms. The van der Waals surface area contributed by atoms with Gasteiger partial charge in [-0.1, -0.05) is 19.3 Å². The SMILES string of the molecule is COc1cc(CNC(=O)C(=O)C2CCCCC2)cc(OC)c1. The molecule has 0 spiro atoms. The summed E-state index contributed by atoms with van der Waals surface area (Å²) in [4.78, 5) is 24.1. The van der Waals surface area contributed by atoms with Gasteiger partial charge in [0, 0.05) is 18.5 Å². The number of Topliss-reactive ketones (excluding diaryl/α,β-unsaturated/α-hetero) is 1. The van der Waals surface area contributed by atoms with E-state index in [9.17, 15) is 9.59 Å². The van der Waals surface area contributed by atoms with Gasteiger partial charge in [0.25, 0.3) is 5.91 Å². The molecule has 0 heterocycles. The Bertz CT molecular complexity index is 513. The second-order valence-electron chi connectivity index (χ2n) is 5.60. The molecule has 120 valence electrons. The molecule has 1 amide bonds. The smallest absolute Gasteiger partial charge is 0.287 e. The van der Waals surface area contributed by atoms with Crippen LogP contribution in [0.4, 0.5) is 0 Å². The topological polar surface area (TPSA) is 64.6 Å². The molecule has 0 saturated heterocycles. The number of carbonyl (C=O) groups is 2. The molecule has 1 aromatic rings. The van der Waals surface area contributed by atoms with E-state index in [1.165, 1.54) is 0 Å². The fourth-order valence-corrected chi connectivity index (χ4v) is 2.79. The number of nitrogens with one attached hydrogen (secondary N) is 1. The van der Waals surface area contributed by atoms with Gasteiger partial charge in [-0.2, -0.15) is 0 Å². The molecule has 1 saturated carbocycles. The minimum absolute atomic E-state index is 0.103. The van der Waals surface area contributed by atoms with E-state index in [1.54, 1.807) is 20.3 Å². The third-order valence-corrected chi connectivity index (χ3v) is 4.06. The van der Waals surface area contributed by atoms with E-state index in [-0.39, 0.29) is 18.2 Å². The largest absolute Gasteiger partial charge is 0.497 e. The van der Waals surface area contributed by atoms with Crippen LogP contribution in [0.3, 0.4) is 0 Å². The summed E-state index contributed by atoms with van der Waals surface area (Å²) in [5.74, 6) is 0.432. The van der Waals surface area contributed by atoms with Crippen molar-refractivity contribution in [1.29, 1.82) is 0 Å². The maximum Gasteiger partial charge on any atom is 0.287 e. The Morgan fingerprint density at radius 1 is 1.05 bits per heavy atom. The Labute approximate surface area is 131 Å². The summed E-state index contributed by atoms with van der Waals surface area (Å²) in [6.07, 6.45) is 4.90. The minimum Gasteiger partial charge on any atom is -0.497 e. The van der Waals surface area contributed by atoms with Crippen LogP contribution in [0, 0.1) is 5.92 Å². The van der Waals surface area contributed by atoms with Crippen molar-refractivity contribution in [3.63, 3.8) is 0 Å². The summed E-state index contributed by atoms with van der Waals surface area (Å²) in [5, 5.41) is 2.70. The first-order valence-electron chi connectivity index (χ1n) is 7.68. The van der Waals surface area contributed by atoms with Crippen LogP contribution in [0.5, 0.6) is 11.5 Å². The standard InChI is InChI=1S/C17H23NO4/c1-21-14-8-12(9-15(10-14)22-2)11-18-17(20)16(19)13-6-4-3-5-7-13/h8-10,13H,3-7,11H2,1-2H3,(H,18,20). The van der Waals surface area contributed by atoms with Gasteiger partial charge in [-0.3, -0.25) is 9.59 Å². The maximum atomic E-state index is 12.1. The van der Waals surface area contributed by atoms with E-state index in [0.717, 1.165) is 37.7 Å². The lowest BCUT2D eigenvalue weighted by molar-refractivity contribution is -0.140.